The van der Waals surface area contributed by atoms with Crippen molar-refractivity contribution in [2.45, 2.75) is 13.3 Å². The molecule has 0 N–H and O–H groups in total. The SMILES string of the molecule is COC(=O)c1nc(CC(C)=O)n2cccc(Br)c12. The summed E-state index contributed by atoms with van der Waals surface area (Å²) in [5, 5.41) is 0. The molecule has 2 heterocycles. The van der Waals surface area contributed by atoms with Crippen LogP contribution >= 0.6 is 15.9 Å². The lowest BCUT2D eigenvalue weighted by molar-refractivity contribution is -0.116. The van der Waals surface area contributed by atoms with Gasteiger partial charge in [-0.2, -0.15) is 0 Å². The minimum atomic E-state index is -0.519. The molecule has 0 unspecified atom stereocenters. The zero-order valence-corrected chi connectivity index (χ0v) is 11.5. The Morgan fingerprint density at radius 2 is 2.22 bits per heavy atom. The quantitative estimate of drug-likeness (QED) is 0.814. The Hall–Kier alpha value is -1.69. The van der Waals surface area contributed by atoms with E-state index in [9.17, 15) is 9.59 Å². The van der Waals surface area contributed by atoms with Crippen molar-refractivity contribution in [3.63, 3.8) is 0 Å². The van der Waals surface area contributed by atoms with Gasteiger partial charge >= 0.3 is 5.97 Å². The van der Waals surface area contributed by atoms with E-state index in [0.29, 0.717) is 11.3 Å². The Kier molecular flexibility index (Phi) is 3.47. The molecule has 2 aromatic rings. The summed E-state index contributed by atoms with van der Waals surface area (Å²) in [6, 6.07) is 3.62. The molecule has 2 rings (SSSR count). The molecule has 6 heteroatoms. The molecule has 0 radical (unpaired) electrons. The molecule has 0 atom stereocenters. The summed E-state index contributed by atoms with van der Waals surface area (Å²) in [4.78, 5) is 27.1. The third-order valence-corrected chi connectivity index (χ3v) is 3.11. The highest BCUT2D eigenvalue weighted by Crippen LogP contribution is 2.23. The molecular weight excluding hydrogens is 300 g/mol. The highest BCUT2D eigenvalue weighted by molar-refractivity contribution is 9.10. The summed E-state index contributed by atoms with van der Waals surface area (Å²) in [6.45, 7) is 1.48. The van der Waals surface area contributed by atoms with Gasteiger partial charge in [0.2, 0.25) is 0 Å². The van der Waals surface area contributed by atoms with Gasteiger partial charge < -0.3 is 9.14 Å². The lowest BCUT2D eigenvalue weighted by Crippen LogP contribution is -2.03. The van der Waals surface area contributed by atoms with Gasteiger partial charge in [-0.25, -0.2) is 9.78 Å². The number of pyridine rings is 1. The molecule has 0 aliphatic heterocycles. The van der Waals surface area contributed by atoms with Crippen molar-refractivity contribution in [1.29, 1.82) is 0 Å². The fourth-order valence-corrected chi connectivity index (χ4v) is 2.28. The summed E-state index contributed by atoms with van der Waals surface area (Å²) in [5.74, 6) is -0.00769. The molecule has 2 aromatic heterocycles. The summed E-state index contributed by atoms with van der Waals surface area (Å²) in [6.07, 6.45) is 1.94. The van der Waals surface area contributed by atoms with Gasteiger partial charge in [-0.3, -0.25) is 4.79 Å². The van der Waals surface area contributed by atoms with E-state index in [1.165, 1.54) is 14.0 Å². The van der Waals surface area contributed by atoms with Crippen LogP contribution in [0.5, 0.6) is 0 Å². The molecular formula is C12H11BrN2O3. The second-order valence-electron chi connectivity index (χ2n) is 3.82. The van der Waals surface area contributed by atoms with E-state index in [-0.39, 0.29) is 17.9 Å². The number of carbonyl (C=O) groups is 2. The number of nitrogens with zero attached hydrogens (tertiary/aromatic N) is 2. The third-order valence-electron chi connectivity index (χ3n) is 2.47. The molecule has 0 aliphatic carbocycles. The number of hydrogen-bond acceptors (Lipinski definition) is 4. The van der Waals surface area contributed by atoms with Gasteiger partial charge in [0.15, 0.2) is 5.69 Å². The maximum atomic E-state index is 11.7. The molecule has 0 aliphatic rings. The van der Waals surface area contributed by atoms with Crippen molar-refractivity contribution < 1.29 is 14.3 Å². The number of ether oxygens (including phenoxy) is 1. The molecule has 0 amide bonds. The van der Waals surface area contributed by atoms with Crippen LogP contribution in [0.1, 0.15) is 23.2 Å². The van der Waals surface area contributed by atoms with Crippen LogP contribution in [0.15, 0.2) is 22.8 Å². The lowest BCUT2D eigenvalue weighted by atomic mass is 10.3. The first-order valence-corrected chi connectivity index (χ1v) is 6.07. The number of ketones is 1. The molecule has 0 saturated carbocycles. The zero-order chi connectivity index (χ0) is 13.3. The zero-order valence-electron chi connectivity index (χ0n) is 9.94. The van der Waals surface area contributed by atoms with Crippen molar-refractivity contribution >= 4 is 33.2 Å². The van der Waals surface area contributed by atoms with Crippen LogP contribution in [0.3, 0.4) is 0 Å². The van der Waals surface area contributed by atoms with E-state index in [0.717, 1.165) is 4.47 Å². The largest absolute Gasteiger partial charge is 0.464 e. The first-order chi connectivity index (χ1) is 8.54. The average molecular weight is 311 g/mol. The summed E-state index contributed by atoms with van der Waals surface area (Å²) < 4.78 is 7.15. The number of aromatic nitrogens is 2. The first kappa shape index (κ1) is 12.8. The Morgan fingerprint density at radius 1 is 1.50 bits per heavy atom. The van der Waals surface area contributed by atoms with E-state index in [1.807, 2.05) is 6.07 Å². The number of methoxy groups -OCH3 is 1. The number of halogens is 1. The van der Waals surface area contributed by atoms with E-state index < -0.39 is 5.97 Å². The summed E-state index contributed by atoms with van der Waals surface area (Å²) in [5.41, 5.74) is 0.821. The van der Waals surface area contributed by atoms with Crippen molar-refractivity contribution in [2.75, 3.05) is 7.11 Å². The monoisotopic (exact) mass is 310 g/mol. The Labute approximate surface area is 112 Å². The van der Waals surface area contributed by atoms with Crippen LogP contribution in [0, 0.1) is 0 Å². The summed E-state index contributed by atoms with van der Waals surface area (Å²) >= 11 is 3.37. The second-order valence-corrected chi connectivity index (χ2v) is 4.68. The number of carbonyl (C=O) groups excluding carboxylic acids is 2. The average Bonchev–Trinajstić information content (AvgIpc) is 2.68. The van der Waals surface area contributed by atoms with Crippen molar-refractivity contribution in [1.82, 2.24) is 9.38 Å². The van der Waals surface area contributed by atoms with Gasteiger partial charge in [0, 0.05) is 10.7 Å². The van der Waals surface area contributed by atoms with Crippen LogP contribution in [0.4, 0.5) is 0 Å². The number of rotatable bonds is 3. The lowest BCUT2D eigenvalue weighted by Gasteiger charge is -2.00. The Morgan fingerprint density at radius 3 is 2.83 bits per heavy atom. The van der Waals surface area contributed by atoms with E-state index in [1.54, 1.807) is 16.7 Å². The predicted octanol–water partition coefficient (Wildman–Crippen LogP) is 2.01. The minimum Gasteiger partial charge on any atom is -0.464 e. The predicted molar refractivity (Wildman–Crippen MR) is 68.6 cm³/mol. The molecule has 5 nitrogen and oxygen atoms in total. The van der Waals surface area contributed by atoms with Gasteiger partial charge in [0.1, 0.15) is 11.6 Å². The van der Waals surface area contributed by atoms with E-state index >= 15 is 0 Å². The number of fused-ring (bicyclic) bond motifs is 1. The number of imidazole rings is 1. The van der Waals surface area contributed by atoms with Gasteiger partial charge in [-0.1, -0.05) is 0 Å². The van der Waals surface area contributed by atoms with Crippen LogP contribution in [-0.4, -0.2) is 28.2 Å². The van der Waals surface area contributed by atoms with Crippen LogP contribution in [0.2, 0.25) is 0 Å². The highest BCUT2D eigenvalue weighted by atomic mass is 79.9. The van der Waals surface area contributed by atoms with Crippen molar-refractivity contribution in [2.24, 2.45) is 0 Å². The van der Waals surface area contributed by atoms with Gasteiger partial charge in [0.25, 0.3) is 0 Å². The van der Waals surface area contributed by atoms with Crippen LogP contribution in [-0.2, 0) is 16.0 Å². The van der Waals surface area contributed by atoms with E-state index in [2.05, 4.69) is 20.9 Å². The van der Waals surface area contributed by atoms with Crippen LogP contribution < -0.4 is 0 Å². The molecule has 0 bridgehead atoms. The standard InChI is InChI=1S/C12H11BrN2O3/c1-7(16)6-9-14-10(12(17)18-2)11-8(13)4-3-5-15(9)11/h3-5H,6H2,1-2H3. The normalized spacial score (nSPS) is 10.6. The molecule has 94 valence electrons. The fraction of sp³-hybridized carbons (Fsp3) is 0.250. The highest BCUT2D eigenvalue weighted by Gasteiger charge is 2.20. The summed E-state index contributed by atoms with van der Waals surface area (Å²) in [7, 11) is 1.30. The van der Waals surface area contributed by atoms with Crippen LogP contribution in [0.25, 0.3) is 5.52 Å². The Balaban J connectivity index is 2.71. The van der Waals surface area contributed by atoms with Crippen molar-refractivity contribution in [3.8, 4) is 0 Å². The molecule has 0 spiro atoms. The van der Waals surface area contributed by atoms with Crippen molar-refractivity contribution in [3.05, 3.63) is 34.3 Å². The smallest absolute Gasteiger partial charge is 0.358 e. The topological polar surface area (TPSA) is 60.7 Å². The molecule has 0 saturated heterocycles. The number of hydrogen-bond donors (Lipinski definition) is 0. The van der Waals surface area contributed by atoms with E-state index in [4.69, 9.17) is 4.74 Å². The minimum absolute atomic E-state index is 0.0155. The Bertz CT molecular complexity index is 634. The molecule has 0 fully saturated rings. The maximum Gasteiger partial charge on any atom is 0.358 e. The van der Waals surface area contributed by atoms with Gasteiger partial charge in [-0.05, 0) is 35.0 Å². The first-order valence-electron chi connectivity index (χ1n) is 5.27. The molecule has 18 heavy (non-hydrogen) atoms. The third kappa shape index (κ3) is 2.15. The molecule has 0 aromatic carbocycles. The fourth-order valence-electron chi connectivity index (χ4n) is 1.75. The van der Waals surface area contributed by atoms with Gasteiger partial charge in [0.05, 0.1) is 19.0 Å². The number of Topliss-reactive ketones (excluding diaryl/α,β-unsaturated/α-hetero) is 1. The second kappa shape index (κ2) is 4.89. The maximum absolute atomic E-state index is 11.7. The number of esters is 1. The van der Waals surface area contributed by atoms with Gasteiger partial charge in [-0.15, -0.1) is 0 Å².